The number of nitrogens with zero attached hydrogens (tertiary/aromatic N) is 1. The molecule has 2 aromatic rings. The molecule has 1 amide bonds. The van der Waals surface area contributed by atoms with Crippen LogP contribution >= 0.6 is 0 Å². The van der Waals surface area contributed by atoms with Crippen LogP contribution in [0.3, 0.4) is 0 Å². The van der Waals surface area contributed by atoms with Crippen molar-refractivity contribution < 1.29 is 31.1 Å². The number of amides is 1. The zero-order valence-electron chi connectivity index (χ0n) is 17.0. The van der Waals surface area contributed by atoms with Gasteiger partial charge >= 0.3 is 6.18 Å². The Morgan fingerprint density at radius 1 is 1.07 bits per heavy atom. The number of hydrogen-bond acceptors (Lipinski definition) is 4. The Kier molecular flexibility index (Phi) is 7.02. The molecule has 0 fully saturated rings. The second-order valence-corrected chi connectivity index (χ2v) is 8.63. The Morgan fingerprint density at radius 2 is 1.60 bits per heavy atom. The largest absolute Gasteiger partial charge is 0.497 e. The normalized spacial score (nSPS) is 11.8. The second-order valence-electron chi connectivity index (χ2n) is 6.83. The van der Waals surface area contributed by atoms with Gasteiger partial charge in [-0.25, -0.2) is 8.42 Å². The molecule has 0 saturated carbocycles. The highest BCUT2D eigenvalue weighted by molar-refractivity contribution is 7.93. The maximum Gasteiger partial charge on any atom is 0.405 e. The average molecular weight is 444 g/mol. The Morgan fingerprint density at radius 3 is 2.07 bits per heavy atom. The number of rotatable bonds is 7. The summed E-state index contributed by atoms with van der Waals surface area (Å²) >= 11 is 0. The highest BCUT2D eigenvalue weighted by Crippen LogP contribution is 2.30. The van der Waals surface area contributed by atoms with E-state index >= 15 is 0 Å². The monoisotopic (exact) mass is 444 g/mol. The molecule has 0 bridgehead atoms. The zero-order chi connectivity index (χ0) is 22.7. The first-order valence-electron chi connectivity index (χ1n) is 8.93. The van der Waals surface area contributed by atoms with Crippen molar-refractivity contribution in [2.45, 2.75) is 31.8 Å². The van der Waals surface area contributed by atoms with Crippen molar-refractivity contribution in [1.82, 2.24) is 5.32 Å². The number of carbonyl (C=O) groups excluding carboxylic acids is 1. The summed E-state index contributed by atoms with van der Waals surface area (Å²) in [4.78, 5) is 12.2. The number of carbonyl (C=O) groups is 1. The molecular formula is C20H23F3N2O4S. The Balaban J connectivity index is 2.50. The molecule has 10 heteroatoms. The molecule has 0 aliphatic heterocycles. The van der Waals surface area contributed by atoms with Gasteiger partial charge in [0.15, 0.2) is 0 Å². The van der Waals surface area contributed by atoms with Crippen molar-refractivity contribution in [3.63, 3.8) is 0 Å². The van der Waals surface area contributed by atoms with Crippen LogP contribution in [0, 0.1) is 20.8 Å². The first-order valence-corrected chi connectivity index (χ1v) is 10.4. The number of sulfonamides is 1. The fraction of sp³-hybridized carbons (Fsp3) is 0.350. The first kappa shape index (κ1) is 23.5. The van der Waals surface area contributed by atoms with Gasteiger partial charge < -0.3 is 10.1 Å². The minimum absolute atomic E-state index is 0.00698. The quantitative estimate of drug-likeness (QED) is 0.709. The fourth-order valence-electron chi connectivity index (χ4n) is 3.13. The Bertz CT molecular complexity index is 996. The number of methoxy groups -OCH3 is 1. The number of hydrogen-bond donors (Lipinski definition) is 1. The maximum absolute atomic E-state index is 13.5. The summed E-state index contributed by atoms with van der Waals surface area (Å²) < 4.78 is 70.1. The topological polar surface area (TPSA) is 75.7 Å². The molecule has 0 saturated heterocycles. The summed E-state index contributed by atoms with van der Waals surface area (Å²) in [5.41, 5.74) is 1.93. The molecule has 0 heterocycles. The molecule has 0 unspecified atom stereocenters. The van der Waals surface area contributed by atoms with Gasteiger partial charge in [-0.1, -0.05) is 17.7 Å². The minimum atomic E-state index is -4.61. The molecule has 0 aromatic heterocycles. The Labute approximate surface area is 173 Å². The molecule has 164 valence electrons. The van der Waals surface area contributed by atoms with Crippen LogP contribution in [-0.2, 0) is 14.8 Å². The summed E-state index contributed by atoms with van der Waals surface area (Å²) in [6, 6.07) is 9.23. The van der Waals surface area contributed by atoms with Crippen LogP contribution in [-0.4, -0.2) is 40.7 Å². The number of anilines is 1. The first-order chi connectivity index (χ1) is 13.8. The van der Waals surface area contributed by atoms with E-state index in [1.165, 1.54) is 31.4 Å². The zero-order valence-corrected chi connectivity index (χ0v) is 17.8. The predicted molar refractivity (Wildman–Crippen MR) is 107 cm³/mol. The van der Waals surface area contributed by atoms with Gasteiger partial charge in [0.1, 0.15) is 18.8 Å². The number of halogens is 3. The molecule has 2 rings (SSSR count). The highest BCUT2D eigenvalue weighted by atomic mass is 32.2. The van der Waals surface area contributed by atoms with Crippen molar-refractivity contribution >= 4 is 21.6 Å². The lowest BCUT2D eigenvalue weighted by Gasteiger charge is -2.26. The number of nitrogens with one attached hydrogen (secondary N) is 1. The third-order valence-corrected chi connectivity index (χ3v) is 6.37. The lowest BCUT2D eigenvalue weighted by atomic mass is 10.1. The van der Waals surface area contributed by atoms with E-state index in [9.17, 15) is 26.4 Å². The van der Waals surface area contributed by atoms with Crippen LogP contribution in [0.5, 0.6) is 5.75 Å². The standard InChI is InChI=1S/C20H23F3N2O4S/c1-13-9-14(2)19(15(3)10-13)30(27,28)25(11-18(26)24-12-20(21,22)23)16-5-7-17(29-4)8-6-16/h5-10H,11-12H2,1-4H3,(H,24,26). The van der Waals surface area contributed by atoms with Gasteiger partial charge in [0.2, 0.25) is 5.91 Å². The van der Waals surface area contributed by atoms with Crippen molar-refractivity contribution in [3.05, 3.63) is 53.1 Å². The van der Waals surface area contributed by atoms with Crippen LogP contribution < -0.4 is 14.4 Å². The van der Waals surface area contributed by atoms with Crippen LogP contribution in [0.1, 0.15) is 16.7 Å². The molecule has 6 nitrogen and oxygen atoms in total. The molecule has 2 aromatic carbocycles. The number of ether oxygens (including phenoxy) is 1. The summed E-state index contributed by atoms with van der Waals surface area (Å²) in [6.45, 7) is 2.72. The fourth-order valence-corrected chi connectivity index (χ4v) is 4.97. The van der Waals surface area contributed by atoms with Crippen molar-refractivity contribution in [2.24, 2.45) is 0 Å². The van der Waals surface area contributed by atoms with Crippen LogP contribution in [0.2, 0.25) is 0 Å². The van der Waals surface area contributed by atoms with Gasteiger partial charge in [-0.15, -0.1) is 0 Å². The van der Waals surface area contributed by atoms with Crippen molar-refractivity contribution in [2.75, 3.05) is 24.5 Å². The molecule has 0 aliphatic carbocycles. The smallest absolute Gasteiger partial charge is 0.405 e. The second kappa shape index (κ2) is 8.95. The molecular weight excluding hydrogens is 421 g/mol. The van der Waals surface area contributed by atoms with Crippen LogP contribution in [0.4, 0.5) is 18.9 Å². The molecule has 0 aliphatic rings. The molecule has 0 spiro atoms. The van der Waals surface area contributed by atoms with E-state index in [0.717, 1.165) is 9.87 Å². The number of alkyl halides is 3. The lowest BCUT2D eigenvalue weighted by molar-refractivity contribution is -0.137. The number of benzene rings is 2. The maximum atomic E-state index is 13.5. The van der Waals surface area contributed by atoms with Gasteiger partial charge in [0.05, 0.1) is 17.7 Å². The van der Waals surface area contributed by atoms with E-state index in [0.29, 0.717) is 16.9 Å². The summed E-state index contributed by atoms with van der Waals surface area (Å²) in [7, 11) is -2.81. The third kappa shape index (κ3) is 5.65. The van der Waals surface area contributed by atoms with Crippen molar-refractivity contribution in [1.29, 1.82) is 0 Å². The summed E-state index contributed by atoms with van der Waals surface area (Å²) in [5.74, 6) is -0.616. The van der Waals surface area contributed by atoms with Crippen molar-refractivity contribution in [3.8, 4) is 5.75 Å². The highest BCUT2D eigenvalue weighted by Gasteiger charge is 2.32. The predicted octanol–water partition coefficient (Wildman–Crippen LogP) is 3.49. The van der Waals surface area contributed by atoms with Gasteiger partial charge in [0.25, 0.3) is 10.0 Å². The lowest BCUT2D eigenvalue weighted by Crippen LogP contribution is -2.43. The van der Waals surface area contributed by atoms with Gasteiger partial charge in [-0.3, -0.25) is 9.10 Å². The van der Waals surface area contributed by atoms with E-state index in [1.807, 2.05) is 6.92 Å². The van der Waals surface area contributed by atoms with E-state index < -0.39 is 35.2 Å². The Hall–Kier alpha value is -2.75. The van der Waals surface area contributed by atoms with Gasteiger partial charge in [-0.2, -0.15) is 13.2 Å². The SMILES string of the molecule is COc1ccc(N(CC(=O)NCC(F)(F)F)S(=O)(=O)c2c(C)cc(C)cc2C)cc1. The van der Waals surface area contributed by atoms with Crippen LogP contribution in [0.25, 0.3) is 0 Å². The molecule has 30 heavy (non-hydrogen) atoms. The minimum Gasteiger partial charge on any atom is -0.497 e. The van der Waals surface area contributed by atoms with Gasteiger partial charge in [0, 0.05) is 0 Å². The van der Waals surface area contributed by atoms with E-state index in [4.69, 9.17) is 4.74 Å². The van der Waals surface area contributed by atoms with Crippen LogP contribution in [0.15, 0.2) is 41.3 Å². The summed E-state index contributed by atoms with van der Waals surface area (Å²) in [5, 5.41) is 1.71. The summed E-state index contributed by atoms with van der Waals surface area (Å²) in [6.07, 6.45) is -4.61. The van der Waals surface area contributed by atoms with E-state index in [-0.39, 0.29) is 10.6 Å². The van der Waals surface area contributed by atoms with E-state index in [1.54, 1.807) is 31.3 Å². The molecule has 0 atom stereocenters. The third-order valence-electron chi connectivity index (χ3n) is 4.29. The number of aryl methyl sites for hydroxylation is 3. The average Bonchev–Trinajstić information content (AvgIpc) is 2.62. The molecule has 0 radical (unpaired) electrons. The van der Waals surface area contributed by atoms with E-state index in [2.05, 4.69) is 0 Å². The molecule has 1 N–H and O–H groups in total. The van der Waals surface area contributed by atoms with Gasteiger partial charge in [-0.05, 0) is 56.2 Å².